The van der Waals surface area contributed by atoms with Crippen LogP contribution in [0, 0.1) is 0 Å². The normalized spacial score (nSPS) is 12.2. The first-order chi connectivity index (χ1) is 17.6. The zero-order valence-electron chi connectivity index (χ0n) is 23.6. The van der Waals surface area contributed by atoms with Crippen LogP contribution in [0.25, 0.3) is 0 Å². The highest BCUT2D eigenvalue weighted by molar-refractivity contribution is 6.30. The quantitative estimate of drug-likeness (QED) is 0.277. The zero-order chi connectivity index (χ0) is 30.2. The van der Waals surface area contributed by atoms with Gasteiger partial charge in [-0.2, -0.15) is 13.2 Å². The molecule has 0 unspecified atom stereocenters. The molecule has 39 heavy (non-hydrogen) atoms. The summed E-state index contributed by atoms with van der Waals surface area (Å²) in [5.74, 6) is 0.397. The van der Waals surface area contributed by atoms with E-state index < -0.39 is 18.1 Å². The van der Waals surface area contributed by atoms with Crippen LogP contribution in [0.3, 0.4) is 0 Å². The first-order valence-corrected chi connectivity index (χ1v) is 12.8. The van der Waals surface area contributed by atoms with Gasteiger partial charge >= 0.3 is 12.5 Å². The van der Waals surface area contributed by atoms with Gasteiger partial charge in [0.15, 0.2) is 0 Å². The summed E-state index contributed by atoms with van der Waals surface area (Å²) in [6.07, 6.45) is -8.88. The average molecular weight is 575 g/mol. The molecule has 0 heterocycles. The molecule has 0 radical (unpaired) electrons. The Balaban J connectivity index is 0.000000298. The van der Waals surface area contributed by atoms with Crippen LogP contribution in [0.2, 0.25) is 5.02 Å². The fourth-order valence-corrected chi connectivity index (χ4v) is 3.39. The molecule has 3 aromatic rings. The minimum Gasteiger partial charge on any atom is -0.406 e. The van der Waals surface area contributed by atoms with Gasteiger partial charge in [-0.1, -0.05) is 109 Å². The van der Waals surface area contributed by atoms with Crippen molar-refractivity contribution in [1.82, 2.24) is 0 Å². The van der Waals surface area contributed by atoms with E-state index in [1.54, 1.807) is 18.2 Å². The first kappa shape index (κ1) is 34.4. The van der Waals surface area contributed by atoms with Gasteiger partial charge in [-0.05, 0) is 63.8 Å². The summed E-state index contributed by atoms with van der Waals surface area (Å²) in [6, 6.07) is 19.5. The Morgan fingerprint density at radius 1 is 0.615 bits per heavy atom. The highest BCUT2D eigenvalue weighted by Gasteiger charge is 2.32. The molecular weight excluding hydrogens is 538 g/mol. The van der Waals surface area contributed by atoms with Crippen molar-refractivity contribution < 1.29 is 31.1 Å². The molecule has 0 aliphatic rings. The maximum atomic E-state index is 12.4. The molecular formula is C31H37ClF6O. The molecule has 3 aromatic carbocycles. The maximum Gasteiger partial charge on any atom is 0.573 e. The Bertz CT molecular complexity index is 1140. The minimum atomic E-state index is -4.63. The second-order valence-electron chi connectivity index (χ2n) is 11.4. The molecule has 0 aliphatic heterocycles. The summed E-state index contributed by atoms with van der Waals surface area (Å²) >= 11 is 5.79. The molecule has 0 aliphatic carbocycles. The zero-order valence-corrected chi connectivity index (χ0v) is 24.3. The molecule has 3 rings (SSSR count). The Hall–Kier alpha value is -2.67. The second kappa shape index (κ2) is 13.6. The molecule has 216 valence electrons. The summed E-state index contributed by atoms with van der Waals surface area (Å²) in [7, 11) is 0. The molecule has 0 amide bonds. The van der Waals surface area contributed by atoms with Gasteiger partial charge in [0.25, 0.3) is 0 Å². The summed E-state index contributed by atoms with van der Waals surface area (Å²) < 4.78 is 76.7. The van der Waals surface area contributed by atoms with Gasteiger partial charge in [-0.3, -0.25) is 0 Å². The second-order valence-corrected chi connectivity index (χ2v) is 11.8. The van der Waals surface area contributed by atoms with Crippen LogP contribution >= 0.6 is 11.6 Å². The van der Waals surface area contributed by atoms with E-state index >= 15 is 0 Å². The van der Waals surface area contributed by atoms with Crippen molar-refractivity contribution in [3.8, 4) is 5.75 Å². The molecule has 0 atom stereocenters. The van der Waals surface area contributed by atoms with Crippen LogP contribution in [-0.4, -0.2) is 6.36 Å². The van der Waals surface area contributed by atoms with Gasteiger partial charge in [0, 0.05) is 5.02 Å². The molecule has 0 bridgehead atoms. The molecule has 8 heteroatoms. The van der Waals surface area contributed by atoms with Gasteiger partial charge < -0.3 is 4.74 Å². The van der Waals surface area contributed by atoms with Gasteiger partial charge in [0.05, 0.1) is 5.56 Å². The van der Waals surface area contributed by atoms with Crippen LogP contribution in [-0.2, 0) is 17.0 Å². The van der Waals surface area contributed by atoms with Gasteiger partial charge in [-0.15, -0.1) is 13.2 Å². The van der Waals surface area contributed by atoms with Crippen molar-refractivity contribution in [2.75, 3.05) is 0 Å². The molecule has 0 saturated carbocycles. The van der Waals surface area contributed by atoms with Gasteiger partial charge in [0.1, 0.15) is 5.75 Å². The number of hydrogen-bond donors (Lipinski definition) is 0. The van der Waals surface area contributed by atoms with E-state index in [-0.39, 0.29) is 16.6 Å². The highest BCUT2D eigenvalue weighted by Crippen LogP contribution is 2.32. The molecule has 0 spiro atoms. The minimum absolute atomic E-state index is 0.171. The monoisotopic (exact) mass is 574 g/mol. The standard InChI is InChI=1S/C11H13F3O.C11H13F3.C9H11Cl/c1-10(2,3)8-5-4-6-9(7-8)15-11(12,13)14;1-10(2,3)8-5-4-6-9(7-8)11(12,13)14;1-7(2)8-4-3-5-9(10)6-8/h4-7H,1-3H3;4-7H,1-3H3;3-7H,1-2H3. The van der Waals surface area contributed by atoms with E-state index in [0.29, 0.717) is 11.5 Å². The highest BCUT2D eigenvalue weighted by atomic mass is 35.5. The summed E-state index contributed by atoms with van der Waals surface area (Å²) in [6.45, 7) is 15.8. The number of hydrogen-bond acceptors (Lipinski definition) is 1. The van der Waals surface area contributed by atoms with Crippen molar-refractivity contribution in [1.29, 1.82) is 0 Å². The molecule has 0 N–H and O–H groups in total. The summed E-state index contributed by atoms with van der Waals surface area (Å²) in [5, 5.41) is 0.825. The lowest BCUT2D eigenvalue weighted by molar-refractivity contribution is -0.274. The topological polar surface area (TPSA) is 9.23 Å². The van der Waals surface area contributed by atoms with Crippen molar-refractivity contribution in [2.45, 2.75) is 84.7 Å². The van der Waals surface area contributed by atoms with Crippen molar-refractivity contribution >= 4 is 11.6 Å². The predicted octanol–water partition coefficient (Wildman–Crippen LogP) is 11.3. The third-order valence-corrected chi connectivity index (χ3v) is 5.74. The fraction of sp³-hybridized carbons (Fsp3) is 0.419. The number of alkyl halides is 6. The smallest absolute Gasteiger partial charge is 0.406 e. The van der Waals surface area contributed by atoms with E-state index in [2.05, 4.69) is 24.7 Å². The van der Waals surface area contributed by atoms with Crippen LogP contribution in [0.4, 0.5) is 26.3 Å². The lowest BCUT2D eigenvalue weighted by Crippen LogP contribution is -2.18. The molecule has 0 aromatic heterocycles. The Morgan fingerprint density at radius 2 is 1.08 bits per heavy atom. The van der Waals surface area contributed by atoms with E-state index in [0.717, 1.165) is 16.7 Å². The Labute approximate surface area is 233 Å². The van der Waals surface area contributed by atoms with E-state index in [4.69, 9.17) is 11.6 Å². The number of halogens is 7. The molecule has 0 saturated heterocycles. The number of rotatable bonds is 2. The Morgan fingerprint density at radius 3 is 1.49 bits per heavy atom. The van der Waals surface area contributed by atoms with E-state index in [9.17, 15) is 26.3 Å². The van der Waals surface area contributed by atoms with Crippen LogP contribution in [0.15, 0.2) is 72.8 Å². The van der Waals surface area contributed by atoms with E-state index in [1.165, 1.54) is 29.8 Å². The average Bonchev–Trinajstić information content (AvgIpc) is 2.77. The number of ether oxygens (including phenoxy) is 1. The van der Waals surface area contributed by atoms with Crippen molar-refractivity contribution in [2.24, 2.45) is 0 Å². The lowest BCUT2D eigenvalue weighted by atomic mass is 9.86. The maximum absolute atomic E-state index is 12.4. The van der Waals surface area contributed by atoms with E-state index in [1.807, 2.05) is 59.7 Å². The molecule has 1 nitrogen and oxygen atoms in total. The number of benzene rings is 3. The Kier molecular flexibility index (Phi) is 12.0. The van der Waals surface area contributed by atoms with Crippen LogP contribution in [0.5, 0.6) is 5.75 Å². The summed E-state index contributed by atoms with van der Waals surface area (Å²) in [4.78, 5) is 0. The van der Waals surface area contributed by atoms with Crippen LogP contribution < -0.4 is 4.74 Å². The first-order valence-electron chi connectivity index (χ1n) is 12.4. The predicted molar refractivity (Wildman–Crippen MR) is 148 cm³/mol. The fourth-order valence-electron chi connectivity index (χ4n) is 3.19. The van der Waals surface area contributed by atoms with Crippen molar-refractivity contribution in [3.63, 3.8) is 0 Å². The van der Waals surface area contributed by atoms with Crippen LogP contribution in [0.1, 0.15) is 83.6 Å². The molecule has 0 fully saturated rings. The van der Waals surface area contributed by atoms with Gasteiger partial charge in [0.2, 0.25) is 0 Å². The van der Waals surface area contributed by atoms with Gasteiger partial charge in [-0.25, -0.2) is 0 Å². The lowest BCUT2D eigenvalue weighted by Gasteiger charge is -2.20. The summed E-state index contributed by atoms with van der Waals surface area (Å²) in [5.41, 5.74) is 1.79. The third kappa shape index (κ3) is 13.3. The third-order valence-electron chi connectivity index (χ3n) is 5.50. The largest absolute Gasteiger partial charge is 0.573 e. The SMILES string of the molecule is CC(C)(C)c1cccc(C(F)(F)F)c1.CC(C)(C)c1cccc(OC(F)(F)F)c1.CC(C)c1cccc(Cl)c1. The van der Waals surface area contributed by atoms with Crippen molar-refractivity contribution in [3.05, 3.63) is 100 Å².